The van der Waals surface area contributed by atoms with Crippen LogP contribution >= 0.6 is 11.6 Å². The van der Waals surface area contributed by atoms with Gasteiger partial charge in [0.15, 0.2) is 0 Å². The number of halogens is 1. The highest BCUT2D eigenvalue weighted by molar-refractivity contribution is 6.35. The predicted molar refractivity (Wildman–Crippen MR) is 90.8 cm³/mol. The first kappa shape index (κ1) is 19.1. The van der Waals surface area contributed by atoms with Gasteiger partial charge in [-0.05, 0) is 59.7 Å². The first-order valence-electron chi connectivity index (χ1n) is 7.11. The minimum atomic E-state index is -0.890. The molecule has 23 heavy (non-hydrogen) atoms. The SMILES string of the molecule is CC(C)(C)OC(=O)N(C(=O)OC(C)(C)C)c1cc(N)ccc1Cl. The average Bonchev–Trinajstić information content (AvgIpc) is 2.29. The van der Waals surface area contributed by atoms with Crippen molar-refractivity contribution in [2.24, 2.45) is 0 Å². The summed E-state index contributed by atoms with van der Waals surface area (Å²) < 4.78 is 10.5. The summed E-state index contributed by atoms with van der Waals surface area (Å²) in [6, 6.07) is 4.47. The van der Waals surface area contributed by atoms with Gasteiger partial charge in [0.25, 0.3) is 0 Å². The van der Waals surface area contributed by atoms with E-state index in [2.05, 4.69) is 0 Å². The van der Waals surface area contributed by atoms with Gasteiger partial charge < -0.3 is 15.2 Å². The molecule has 6 nitrogen and oxygen atoms in total. The van der Waals surface area contributed by atoms with Crippen molar-refractivity contribution >= 4 is 35.2 Å². The highest BCUT2D eigenvalue weighted by Gasteiger charge is 2.33. The maximum absolute atomic E-state index is 12.5. The van der Waals surface area contributed by atoms with E-state index in [0.29, 0.717) is 5.69 Å². The molecule has 0 aliphatic rings. The second-order valence-electron chi connectivity index (χ2n) is 7.01. The Morgan fingerprint density at radius 1 is 1.00 bits per heavy atom. The van der Waals surface area contributed by atoms with Gasteiger partial charge in [0.2, 0.25) is 0 Å². The summed E-state index contributed by atoms with van der Waals surface area (Å²) in [7, 11) is 0. The smallest absolute Gasteiger partial charge is 0.424 e. The first-order valence-corrected chi connectivity index (χ1v) is 7.49. The predicted octanol–water partition coefficient (Wildman–Crippen LogP) is 4.60. The van der Waals surface area contributed by atoms with E-state index in [1.54, 1.807) is 47.6 Å². The molecule has 0 atom stereocenters. The van der Waals surface area contributed by atoms with E-state index < -0.39 is 23.4 Å². The second-order valence-corrected chi connectivity index (χ2v) is 7.41. The van der Waals surface area contributed by atoms with E-state index in [-0.39, 0.29) is 10.7 Å². The number of carbonyl (C=O) groups excluding carboxylic acids is 2. The van der Waals surface area contributed by atoms with Crippen LogP contribution < -0.4 is 10.6 Å². The van der Waals surface area contributed by atoms with E-state index in [4.69, 9.17) is 26.8 Å². The molecular formula is C16H23ClN2O4. The fourth-order valence-corrected chi connectivity index (χ4v) is 1.79. The lowest BCUT2D eigenvalue weighted by Gasteiger charge is -2.29. The van der Waals surface area contributed by atoms with Crippen LogP contribution in [0.3, 0.4) is 0 Å². The summed E-state index contributed by atoms with van der Waals surface area (Å²) in [5, 5.41) is 0.177. The Kier molecular flexibility index (Phi) is 5.53. The van der Waals surface area contributed by atoms with Crippen LogP contribution in [0.4, 0.5) is 21.0 Å². The molecule has 0 unspecified atom stereocenters. The van der Waals surface area contributed by atoms with Crippen molar-refractivity contribution < 1.29 is 19.1 Å². The summed E-state index contributed by atoms with van der Waals surface area (Å²) in [6.07, 6.45) is -1.78. The molecule has 0 aliphatic heterocycles. The van der Waals surface area contributed by atoms with E-state index in [1.807, 2.05) is 0 Å². The number of benzene rings is 1. The summed E-state index contributed by atoms with van der Waals surface area (Å²) in [5.74, 6) is 0. The fraction of sp³-hybridized carbons (Fsp3) is 0.500. The lowest BCUT2D eigenvalue weighted by Crippen LogP contribution is -2.44. The van der Waals surface area contributed by atoms with Crippen molar-refractivity contribution in [1.82, 2.24) is 0 Å². The number of hydrogen-bond acceptors (Lipinski definition) is 5. The van der Waals surface area contributed by atoms with Crippen molar-refractivity contribution in [2.45, 2.75) is 52.7 Å². The van der Waals surface area contributed by atoms with E-state index >= 15 is 0 Å². The van der Waals surface area contributed by atoms with Gasteiger partial charge in [-0.15, -0.1) is 0 Å². The molecule has 0 aliphatic carbocycles. The van der Waals surface area contributed by atoms with Crippen molar-refractivity contribution in [3.05, 3.63) is 23.2 Å². The van der Waals surface area contributed by atoms with Gasteiger partial charge >= 0.3 is 12.2 Å². The molecule has 0 saturated carbocycles. The molecule has 128 valence electrons. The molecule has 0 radical (unpaired) electrons. The number of nitrogens with two attached hydrogens (primary N) is 1. The average molecular weight is 343 g/mol. The first-order chi connectivity index (χ1) is 10.3. The number of nitrogen functional groups attached to an aromatic ring is 1. The molecule has 0 saturated heterocycles. The number of amides is 2. The number of rotatable bonds is 1. The third kappa shape index (κ3) is 5.98. The van der Waals surface area contributed by atoms with Crippen LogP contribution in [0.25, 0.3) is 0 Å². The summed E-state index contributed by atoms with van der Waals surface area (Å²) in [6.45, 7) is 10.2. The number of hydrogen-bond donors (Lipinski definition) is 1. The zero-order valence-corrected chi connectivity index (χ0v) is 15.0. The fourth-order valence-electron chi connectivity index (χ4n) is 1.59. The molecule has 1 aromatic rings. The summed E-state index contributed by atoms with van der Waals surface area (Å²) in [5.41, 5.74) is 4.61. The number of ether oxygens (including phenoxy) is 2. The van der Waals surface area contributed by atoms with Crippen LogP contribution in [0, 0.1) is 0 Å². The molecule has 0 bridgehead atoms. The van der Waals surface area contributed by atoms with Gasteiger partial charge in [0, 0.05) is 5.69 Å². The number of anilines is 2. The monoisotopic (exact) mass is 342 g/mol. The third-order valence-electron chi connectivity index (χ3n) is 2.36. The van der Waals surface area contributed by atoms with Gasteiger partial charge in [-0.25, -0.2) is 9.59 Å². The zero-order valence-electron chi connectivity index (χ0n) is 14.3. The molecule has 1 aromatic carbocycles. The van der Waals surface area contributed by atoms with Crippen LogP contribution in [0.5, 0.6) is 0 Å². The largest absolute Gasteiger partial charge is 0.443 e. The molecule has 1 rings (SSSR count). The van der Waals surface area contributed by atoms with Crippen LogP contribution in [-0.2, 0) is 9.47 Å². The van der Waals surface area contributed by atoms with Gasteiger partial charge in [-0.1, -0.05) is 11.6 Å². The summed E-state index contributed by atoms with van der Waals surface area (Å²) >= 11 is 6.11. The Morgan fingerprint density at radius 3 is 1.83 bits per heavy atom. The molecule has 0 spiro atoms. The van der Waals surface area contributed by atoms with Crippen LogP contribution in [0.2, 0.25) is 5.02 Å². The van der Waals surface area contributed by atoms with E-state index in [1.165, 1.54) is 12.1 Å². The molecule has 2 amide bonds. The Bertz CT molecular complexity index is 575. The minimum Gasteiger partial charge on any atom is -0.443 e. The lowest BCUT2D eigenvalue weighted by molar-refractivity contribution is 0.0431. The molecule has 0 heterocycles. The van der Waals surface area contributed by atoms with Crippen molar-refractivity contribution in [2.75, 3.05) is 10.6 Å². The molecule has 7 heteroatoms. The quantitative estimate of drug-likeness (QED) is 0.754. The molecule has 0 aromatic heterocycles. The standard InChI is InChI=1S/C16H23ClN2O4/c1-15(2,3)22-13(20)19(14(21)23-16(4,5)6)12-9-10(18)7-8-11(12)17/h7-9H,18H2,1-6H3. The molecule has 0 fully saturated rings. The van der Waals surface area contributed by atoms with Gasteiger partial charge in [0.05, 0.1) is 10.7 Å². The Morgan fingerprint density at radius 2 is 1.43 bits per heavy atom. The molecular weight excluding hydrogens is 320 g/mol. The molecule has 2 N–H and O–H groups in total. The van der Waals surface area contributed by atoms with Gasteiger partial charge in [-0.2, -0.15) is 4.90 Å². The Hall–Kier alpha value is -1.95. The highest BCUT2D eigenvalue weighted by atomic mass is 35.5. The summed E-state index contributed by atoms with van der Waals surface area (Å²) in [4.78, 5) is 25.7. The van der Waals surface area contributed by atoms with Crippen LogP contribution in [0.1, 0.15) is 41.5 Å². The maximum Gasteiger partial charge on any atom is 0.424 e. The van der Waals surface area contributed by atoms with Crippen molar-refractivity contribution in [1.29, 1.82) is 0 Å². The van der Waals surface area contributed by atoms with Gasteiger partial charge in [0.1, 0.15) is 11.2 Å². The normalized spacial score (nSPS) is 11.8. The zero-order chi connectivity index (χ0) is 18.0. The Labute approximate surface area is 141 Å². The highest BCUT2D eigenvalue weighted by Crippen LogP contribution is 2.30. The lowest BCUT2D eigenvalue weighted by atomic mass is 10.2. The van der Waals surface area contributed by atoms with Crippen molar-refractivity contribution in [3.63, 3.8) is 0 Å². The van der Waals surface area contributed by atoms with Crippen LogP contribution in [0.15, 0.2) is 18.2 Å². The third-order valence-corrected chi connectivity index (χ3v) is 2.68. The number of imide groups is 1. The van der Waals surface area contributed by atoms with Crippen molar-refractivity contribution in [3.8, 4) is 0 Å². The van der Waals surface area contributed by atoms with E-state index in [9.17, 15) is 9.59 Å². The van der Waals surface area contributed by atoms with Crippen LogP contribution in [-0.4, -0.2) is 23.4 Å². The number of nitrogens with zero attached hydrogens (tertiary/aromatic N) is 1. The second kappa shape index (κ2) is 6.66. The maximum atomic E-state index is 12.5. The van der Waals surface area contributed by atoms with Gasteiger partial charge in [-0.3, -0.25) is 0 Å². The minimum absolute atomic E-state index is 0.107. The Balaban J connectivity index is 3.28. The topological polar surface area (TPSA) is 81.9 Å². The van der Waals surface area contributed by atoms with E-state index in [0.717, 1.165) is 4.90 Å². The number of carbonyl (C=O) groups is 2.